The van der Waals surface area contributed by atoms with Gasteiger partial charge in [-0.25, -0.2) is 4.79 Å². The molecule has 14 heavy (non-hydrogen) atoms. The summed E-state index contributed by atoms with van der Waals surface area (Å²) >= 11 is 0. The van der Waals surface area contributed by atoms with Crippen molar-refractivity contribution >= 4 is 5.97 Å². The summed E-state index contributed by atoms with van der Waals surface area (Å²) < 4.78 is 4.09. The molecule has 0 aromatic carbocycles. The molecule has 1 saturated heterocycles. The molecular weight excluding hydrogens is 200 g/mol. The lowest BCUT2D eigenvalue weighted by Crippen LogP contribution is -2.79. The molecule has 0 spiro atoms. The van der Waals surface area contributed by atoms with E-state index >= 15 is 0 Å². The molecule has 0 aromatic heterocycles. The van der Waals surface area contributed by atoms with Crippen LogP contribution in [0.4, 0.5) is 0 Å². The number of hydrogen-bond acceptors (Lipinski definition) is 7. The molecule has 1 rings (SSSR count). The fraction of sp³-hybridized carbons (Fsp3) is 0.833. The van der Waals surface area contributed by atoms with Gasteiger partial charge in [-0.3, -0.25) is 0 Å². The maximum Gasteiger partial charge on any atom is 0.367 e. The van der Waals surface area contributed by atoms with Gasteiger partial charge in [-0.1, -0.05) is 0 Å². The van der Waals surface area contributed by atoms with Crippen molar-refractivity contribution in [2.45, 2.75) is 23.8 Å². The first-order valence-corrected chi connectivity index (χ1v) is 3.64. The van der Waals surface area contributed by atoms with E-state index < -0.39 is 36.4 Å². The molecule has 0 aliphatic carbocycles. The molecule has 0 amide bonds. The Morgan fingerprint density at radius 1 is 1.50 bits per heavy atom. The van der Waals surface area contributed by atoms with Crippen LogP contribution in [0.25, 0.3) is 0 Å². The van der Waals surface area contributed by atoms with Crippen molar-refractivity contribution in [3.8, 4) is 0 Å². The summed E-state index contributed by atoms with van der Waals surface area (Å²) in [5.74, 6) is -7.52. The third-order valence-corrected chi connectivity index (χ3v) is 2.04. The second-order valence-electron chi connectivity index (χ2n) is 2.96. The van der Waals surface area contributed by atoms with Crippen LogP contribution < -0.4 is 0 Å². The van der Waals surface area contributed by atoms with Crippen molar-refractivity contribution in [3.05, 3.63) is 0 Å². The van der Waals surface area contributed by atoms with Crippen LogP contribution in [0, 0.1) is 0 Å². The summed E-state index contributed by atoms with van der Waals surface area (Å²) in [5, 5.41) is 53.0. The topological polar surface area (TPSA) is 148 Å². The molecule has 1 fully saturated rings. The van der Waals surface area contributed by atoms with E-state index in [1.165, 1.54) is 0 Å². The van der Waals surface area contributed by atoms with Crippen molar-refractivity contribution in [1.29, 1.82) is 0 Å². The number of carbonyl (C=O) groups is 1. The Morgan fingerprint density at radius 3 is 2.29 bits per heavy atom. The van der Waals surface area contributed by atoms with Gasteiger partial charge in [0.05, 0.1) is 6.61 Å². The second-order valence-corrected chi connectivity index (χ2v) is 2.96. The fourth-order valence-corrected chi connectivity index (χ4v) is 1.12. The van der Waals surface area contributed by atoms with Gasteiger partial charge in [-0.05, 0) is 0 Å². The van der Waals surface area contributed by atoms with Gasteiger partial charge in [0, 0.05) is 0 Å². The van der Waals surface area contributed by atoms with Gasteiger partial charge in [0.25, 0.3) is 0 Å². The van der Waals surface area contributed by atoms with Crippen LogP contribution in [-0.4, -0.2) is 67.0 Å². The van der Waals surface area contributed by atoms with Gasteiger partial charge >= 0.3 is 11.8 Å². The van der Waals surface area contributed by atoms with Crippen LogP contribution in [0.1, 0.15) is 0 Å². The molecule has 0 unspecified atom stereocenters. The third-order valence-electron chi connectivity index (χ3n) is 2.04. The Kier molecular flexibility index (Phi) is 2.52. The molecule has 0 aromatic rings. The van der Waals surface area contributed by atoms with Gasteiger partial charge < -0.3 is 35.4 Å². The van der Waals surface area contributed by atoms with Gasteiger partial charge in [-0.2, -0.15) is 0 Å². The highest BCUT2D eigenvalue weighted by atomic mass is 16.8. The zero-order valence-electron chi connectivity index (χ0n) is 6.86. The SMILES string of the molecule is O=C(O)[C@@]1(O)O[C@](O)([C@H](O)CO)[C@H]1O. The Bertz CT molecular complexity index is 254. The number of aliphatic hydroxyl groups is 5. The van der Waals surface area contributed by atoms with Crippen LogP contribution in [-0.2, 0) is 9.53 Å². The number of ether oxygens (including phenoxy) is 1. The third kappa shape index (κ3) is 1.21. The Morgan fingerprint density at radius 2 is 2.00 bits per heavy atom. The molecular formula is C6H10O8. The molecule has 6 N–H and O–H groups in total. The van der Waals surface area contributed by atoms with Crippen molar-refractivity contribution < 1.29 is 40.2 Å². The minimum Gasteiger partial charge on any atom is -0.477 e. The standard InChI is InChI=1S/C6H10O8/c7-1-2(8)5(12)3(9)6(13,14-5)4(10)11/h2-3,7-9,12-13H,1H2,(H,10,11)/t2-,3-,5-,6+/m1/s1. The lowest BCUT2D eigenvalue weighted by Gasteiger charge is -2.52. The van der Waals surface area contributed by atoms with Gasteiger partial charge in [0.15, 0.2) is 6.10 Å². The summed E-state index contributed by atoms with van der Waals surface area (Å²) in [6.07, 6.45) is -4.15. The zero-order chi connectivity index (χ0) is 11.1. The van der Waals surface area contributed by atoms with E-state index in [0.29, 0.717) is 0 Å². The van der Waals surface area contributed by atoms with Gasteiger partial charge in [0.1, 0.15) is 6.10 Å². The summed E-state index contributed by atoms with van der Waals surface area (Å²) in [4.78, 5) is 10.3. The molecule has 0 saturated carbocycles. The summed E-state index contributed by atoms with van der Waals surface area (Å²) in [6, 6.07) is 0. The molecule has 0 bridgehead atoms. The lowest BCUT2D eigenvalue weighted by molar-refractivity contribution is -0.491. The largest absolute Gasteiger partial charge is 0.477 e. The van der Waals surface area contributed by atoms with E-state index in [4.69, 9.17) is 25.5 Å². The molecule has 0 radical (unpaired) electrons. The fourth-order valence-electron chi connectivity index (χ4n) is 1.12. The maximum absolute atomic E-state index is 10.3. The summed E-state index contributed by atoms with van der Waals surface area (Å²) in [7, 11) is 0. The van der Waals surface area contributed by atoms with E-state index in [1.54, 1.807) is 0 Å². The molecule has 1 heterocycles. The van der Waals surface area contributed by atoms with E-state index in [0.717, 1.165) is 0 Å². The van der Waals surface area contributed by atoms with E-state index in [2.05, 4.69) is 4.74 Å². The molecule has 1 aliphatic rings. The van der Waals surface area contributed by atoms with Crippen molar-refractivity contribution in [1.82, 2.24) is 0 Å². The number of rotatable bonds is 3. The number of hydrogen-bond donors (Lipinski definition) is 6. The summed E-state index contributed by atoms with van der Waals surface area (Å²) in [6.45, 7) is -0.955. The Balaban J connectivity index is 2.80. The highest BCUT2D eigenvalue weighted by Gasteiger charge is 2.71. The van der Waals surface area contributed by atoms with E-state index in [1.807, 2.05) is 0 Å². The van der Waals surface area contributed by atoms with Crippen LogP contribution in [0.2, 0.25) is 0 Å². The van der Waals surface area contributed by atoms with Crippen LogP contribution in [0.5, 0.6) is 0 Å². The first-order valence-electron chi connectivity index (χ1n) is 3.64. The predicted octanol–water partition coefficient (Wildman–Crippen LogP) is -3.81. The first kappa shape index (κ1) is 11.3. The average molecular weight is 210 g/mol. The zero-order valence-corrected chi connectivity index (χ0v) is 6.86. The van der Waals surface area contributed by atoms with Crippen LogP contribution in [0.15, 0.2) is 0 Å². The number of carboxylic acids is 1. The monoisotopic (exact) mass is 210 g/mol. The van der Waals surface area contributed by atoms with E-state index in [-0.39, 0.29) is 0 Å². The quantitative estimate of drug-likeness (QED) is 0.278. The number of aliphatic carboxylic acids is 1. The molecule has 4 atom stereocenters. The van der Waals surface area contributed by atoms with Gasteiger partial charge in [-0.15, -0.1) is 0 Å². The van der Waals surface area contributed by atoms with Crippen LogP contribution >= 0.6 is 0 Å². The molecule has 82 valence electrons. The minimum absolute atomic E-state index is 0.955. The lowest BCUT2D eigenvalue weighted by atomic mass is 9.89. The highest BCUT2D eigenvalue weighted by molar-refractivity contribution is 5.77. The molecule has 8 nitrogen and oxygen atoms in total. The number of carboxylic acid groups (broad SMARTS) is 1. The second kappa shape index (κ2) is 3.12. The normalized spacial score (nSPS) is 44.2. The van der Waals surface area contributed by atoms with Gasteiger partial charge in [0.2, 0.25) is 5.79 Å². The minimum atomic E-state index is -2.95. The van der Waals surface area contributed by atoms with Crippen molar-refractivity contribution in [3.63, 3.8) is 0 Å². The van der Waals surface area contributed by atoms with Crippen LogP contribution in [0.3, 0.4) is 0 Å². The highest BCUT2D eigenvalue weighted by Crippen LogP contribution is 2.40. The summed E-state index contributed by atoms with van der Waals surface area (Å²) in [5.41, 5.74) is 0. The average Bonchev–Trinajstić information content (AvgIpc) is 2.15. The number of aliphatic hydroxyl groups excluding tert-OH is 3. The molecule has 1 aliphatic heterocycles. The molecule has 8 heteroatoms. The van der Waals surface area contributed by atoms with E-state index in [9.17, 15) is 9.90 Å². The smallest absolute Gasteiger partial charge is 0.367 e. The maximum atomic E-state index is 10.3. The van der Waals surface area contributed by atoms with Crippen molar-refractivity contribution in [2.24, 2.45) is 0 Å². The predicted molar refractivity (Wildman–Crippen MR) is 37.7 cm³/mol. The Hall–Kier alpha value is -0.770. The first-order chi connectivity index (χ1) is 6.29. The Labute approximate surface area is 77.6 Å². The van der Waals surface area contributed by atoms with Crippen molar-refractivity contribution in [2.75, 3.05) is 6.61 Å².